The third-order valence-corrected chi connectivity index (χ3v) is 3.72. The number of alkyl halides is 3. The average Bonchev–Trinajstić information content (AvgIpc) is 2.85. The van der Waals surface area contributed by atoms with Gasteiger partial charge in [0.1, 0.15) is 6.54 Å². The molecule has 0 aliphatic heterocycles. The lowest BCUT2D eigenvalue weighted by Gasteiger charge is -2.12. The number of imidazole rings is 1. The van der Waals surface area contributed by atoms with E-state index >= 15 is 0 Å². The number of nitrogens with one attached hydrogen (secondary N) is 1. The predicted molar refractivity (Wildman–Crippen MR) is 89.3 cm³/mol. The number of anilines is 1. The summed E-state index contributed by atoms with van der Waals surface area (Å²) in [5.41, 5.74) is 2.94. The summed E-state index contributed by atoms with van der Waals surface area (Å²) in [6.45, 7) is 3.30. The molecule has 3 rings (SSSR count). The lowest BCUT2D eigenvalue weighted by atomic mass is 10.1. The van der Waals surface area contributed by atoms with Gasteiger partial charge in [0.2, 0.25) is 11.7 Å². The van der Waals surface area contributed by atoms with Crippen molar-refractivity contribution in [1.29, 1.82) is 0 Å². The molecule has 0 radical (unpaired) electrons. The molecule has 0 atom stereocenters. The molecule has 3 aromatic rings. The monoisotopic (exact) mass is 347 g/mol. The summed E-state index contributed by atoms with van der Waals surface area (Å²) in [6, 6.07) is 11.7. The molecule has 25 heavy (non-hydrogen) atoms. The van der Waals surface area contributed by atoms with Gasteiger partial charge < -0.3 is 9.88 Å². The molecule has 0 spiro atoms. The maximum Gasteiger partial charge on any atom is 0.449 e. The van der Waals surface area contributed by atoms with E-state index in [1.54, 1.807) is 24.3 Å². The van der Waals surface area contributed by atoms with E-state index in [0.717, 1.165) is 15.7 Å². The van der Waals surface area contributed by atoms with Crippen molar-refractivity contribution in [3.63, 3.8) is 0 Å². The summed E-state index contributed by atoms with van der Waals surface area (Å²) in [4.78, 5) is 15.9. The molecule has 7 heteroatoms. The van der Waals surface area contributed by atoms with Crippen molar-refractivity contribution in [2.75, 3.05) is 5.32 Å². The van der Waals surface area contributed by atoms with Gasteiger partial charge in [-0.15, -0.1) is 0 Å². The van der Waals surface area contributed by atoms with E-state index in [1.807, 2.05) is 19.9 Å². The Kier molecular flexibility index (Phi) is 4.24. The number of aromatic nitrogens is 2. The SMILES string of the molecule is Cc1cc(C)cc(NC(=O)Cn2c(C(F)(F)F)nc3ccccc32)c1. The van der Waals surface area contributed by atoms with E-state index in [2.05, 4.69) is 10.3 Å². The summed E-state index contributed by atoms with van der Waals surface area (Å²) in [5.74, 6) is -1.62. The van der Waals surface area contributed by atoms with Crippen LogP contribution in [0.2, 0.25) is 0 Å². The Morgan fingerprint density at radius 2 is 1.76 bits per heavy atom. The highest BCUT2D eigenvalue weighted by Crippen LogP contribution is 2.31. The fourth-order valence-corrected chi connectivity index (χ4v) is 2.84. The fraction of sp³-hybridized carbons (Fsp3) is 0.222. The molecule has 0 saturated heterocycles. The summed E-state index contributed by atoms with van der Waals surface area (Å²) < 4.78 is 40.7. The number of hydrogen-bond donors (Lipinski definition) is 1. The molecule has 0 fully saturated rings. The van der Waals surface area contributed by atoms with E-state index < -0.39 is 24.5 Å². The number of amides is 1. The van der Waals surface area contributed by atoms with Crippen molar-refractivity contribution in [1.82, 2.24) is 9.55 Å². The number of carbonyl (C=O) groups is 1. The molecule has 0 saturated carbocycles. The third kappa shape index (κ3) is 3.65. The van der Waals surface area contributed by atoms with Crippen molar-refractivity contribution in [3.8, 4) is 0 Å². The van der Waals surface area contributed by atoms with Crippen LogP contribution in [0, 0.1) is 13.8 Å². The van der Waals surface area contributed by atoms with Gasteiger partial charge in [-0.1, -0.05) is 18.2 Å². The molecule has 1 N–H and O–H groups in total. The van der Waals surface area contributed by atoms with Crippen molar-refractivity contribution >= 4 is 22.6 Å². The lowest BCUT2D eigenvalue weighted by molar-refractivity contribution is -0.147. The van der Waals surface area contributed by atoms with Gasteiger partial charge in [0.25, 0.3) is 0 Å². The van der Waals surface area contributed by atoms with Gasteiger partial charge in [-0.2, -0.15) is 13.2 Å². The zero-order valence-electron chi connectivity index (χ0n) is 13.7. The highest BCUT2D eigenvalue weighted by atomic mass is 19.4. The zero-order chi connectivity index (χ0) is 18.2. The van der Waals surface area contributed by atoms with Crippen molar-refractivity contribution in [2.24, 2.45) is 0 Å². The minimum atomic E-state index is -4.64. The smallest absolute Gasteiger partial charge is 0.325 e. The Labute approximate surface area is 142 Å². The van der Waals surface area contributed by atoms with Crippen LogP contribution in [-0.4, -0.2) is 15.5 Å². The molecule has 1 heterocycles. The van der Waals surface area contributed by atoms with Crippen molar-refractivity contribution < 1.29 is 18.0 Å². The quantitative estimate of drug-likeness (QED) is 0.767. The second-order valence-corrected chi connectivity index (χ2v) is 5.93. The van der Waals surface area contributed by atoms with Crippen LogP contribution in [0.25, 0.3) is 11.0 Å². The number of halogens is 3. The number of carbonyl (C=O) groups excluding carboxylic acids is 1. The molecule has 0 aliphatic carbocycles. The van der Waals surface area contributed by atoms with Crippen LogP contribution in [0.3, 0.4) is 0 Å². The van der Waals surface area contributed by atoms with E-state index in [9.17, 15) is 18.0 Å². The Balaban J connectivity index is 1.92. The molecule has 1 aromatic heterocycles. The standard InChI is InChI=1S/C18H16F3N3O/c1-11-7-12(2)9-13(8-11)22-16(25)10-24-15-6-4-3-5-14(15)23-17(24)18(19,20)21/h3-9H,10H2,1-2H3,(H,22,25). The molecule has 0 aliphatic rings. The van der Waals surface area contributed by atoms with Gasteiger partial charge in [0, 0.05) is 5.69 Å². The number of rotatable bonds is 3. The fourth-order valence-electron chi connectivity index (χ4n) is 2.84. The third-order valence-electron chi connectivity index (χ3n) is 3.72. The molecule has 0 bridgehead atoms. The van der Waals surface area contributed by atoms with Crippen LogP contribution in [0.5, 0.6) is 0 Å². The first kappa shape index (κ1) is 17.0. The van der Waals surface area contributed by atoms with E-state index in [-0.39, 0.29) is 11.0 Å². The Bertz CT molecular complexity index is 924. The van der Waals surface area contributed by atoms with E-state index in [0.29, 0.717) is 5.69 Å². The lowest BCUT2D eigenvalue weighted by Crippen LogP contribution is -2.23. The zero-order valence-corrected chi connectivity index (χ0v) is 13.7. The number of fused-ring (bicyclic) bond motifs is 1. The number of benzene rings is 2. The van der Waals surface area contributed by atoms with Crippen LogP contribution in [0.1, 0.15) is 17.0 Å². The van der Waals surface area contributed by atoms with Gasteiger partial charge in [-0.05, 0) is 49.2 Å². The van der Waals surface area contributed by atoms with Gasteiger partial charge >= 0.3 is 6.18 Å². The summed E-state index contributed by atoms with van der Waals surface area (Å²) in [5, 5.41) is 2.65. The number of aryl methyl sites for hydroxylation is 2. The summed E-state index contributed by atoms with van der Waals surface area (Å²) in [6.07, 6.45) is -4.64. The predicted octanol–water partition coefficient (Wildman–Crippen LogP) is 4.31. The highest BCUT2D eigenvalue weighted by molar-refractivity contribution is 5.92. The highest BCUT2D eigenvalue weighted by Gasteiger charge is 2.37. The van der Waals surface area contributed by atoms with E-state index in [1.165, 1.54) is 12.1 Å². The van der Waals surface area contributed by atoms with Gasteiger partial charge in [-0.3, -0.25) is 4.79 Å². The second kappa shape index (κ2) is 6.23. The van der Waals surface area contributed by atoms with Crippen LogP contribution in [-0.2, 0) is 17.5 Å². The minimum Gasteiger partial charge on any atom is -0.325 e. The Morgan fingerprint density at radius 3 is 2.40 bits per heavy atom. The largest absolute Gasteiger partial charge is 0.449 e. The minimum absolute atomic E-state index is 0.203. The van der Waals surface area contributed by atoms with Gasteiger partial charge in [0.15, 0.2) is 0 Å². The summed E-state index contributed by atoms with van der Waals surface area (Å²) in [7, 11) is 0. The normalized spacial score (nSPS) is 11.7. The number of hydrogen-bond acceptors (Lipinski definition) is 2. The molecule has 1 amide bonds. The first-order chi connectivity index (χ1) is 11.7. The topological polar surface area (TPSA) is 46.9 Å². The molecular weight excluding hydrogens is 331 g/mol. The molecular formula is C18H16F3N3O. The maximum absolute atomic E-state index is 13.3. The van der Waals surface area contributed by atoms with Crippen molar-refractivity contribution in [2.45, 2.75) is 26.6 Å². The molecule has 0 unspecified atom stereocenters. The molecule has 4 nitrogen and oxygen atoms in total. The Morgan fingerprint density at radius 1 is 1.12 bits per heavy atom. The van der Waals surface area contributed by atoms with E-state index in [4.69, 9.17) is 0 Å². The maximum atomic E-state index is 13.3. The first-order valence-corrected chi connectivity index (χ1v) is 7.64. The first-order valence-electron chi connectivity index (χ1n) is 7.64. The van der Waals surface area contributed by atoms with Crippen LogP contribution < -0.4 is 5.32 Å². The molecule has 2 aromatic carbocycles. The average molecular weight is 347 g/mol. The summed E-state index contributed by atoms with van der Waals surface area (Å²) >= 11 is 0. The van der Waals surface area contributed by atoms with Crippen LogP contribution in [0.4, 0.5) is 18.9 Å². The van der Waals surface area contributed by atoms with Crippen molar-refractivity contribution in [3.05, 3.63) is 59.4 Å². The van der Waals surface area contributed by atoms with Gasteiger partial charge in [0.05, 0.1) is 11.0 Å². The van der Waals surface area contributed by atoms with Gasteiger partial charge in [-0.25, -0.2) is 4.98 Å². The number of nitrogens with zero attached hydrogens (tertiary/aromatic N) is 2. The second-order valence-electron chi connectivity index (χ2n) is 5.93. The molecule has 130 valence electrons. The number of para-hydroxylation sites is 2. The van der Waals surface area contributed by atoms with Crippen LogP contribution in [0.15, 0.2) is 42.5 Å². The Hall–Kier alpha value is -2.83. The van der Waals surface area contributed by atoms with Crippen LogP contribution >= 0.6 is 0 Å².